The predicted molar refractivity (Wildman–Crippen MR) is 65.0 cm³/mol. The number of aromatic hydroxyl groups is 1. The van der Waals surface area contributed by atoms with Crippen LogP contribution in [0.3, 0.4) is 0 Å². The van der Waals surface area contributed by atoms with Gasteiger partial charge in [0.2, 0.25) is 0 Å². The van der Waals surface area contributed by atoms with Crippen molar-refractivity contribution in [2.45, 2.75) is 25.3 Å². The minimum Gasteiger partial charge on any atom is -0.508 e. The molecule has 1 aliphatic rings. The number of nitrogens with one attached hydrogen (secondary N) is 1. The summed E-state index contributed by atoms with van der Waals surface area (Å²) in [6, 6.07) is 7.01. The van der Waals surface area contributed by atoms with Crippen LogP contribution in [0, 0.1) is 0 Å². The summed E-state index contributed by atoms with van der Waals surface area (Å²) >= 11 is 0. The molecule has 88 valence electrons. The van der Waals surface area contributed by atoms with Crippen LogP contribution < -0.4 is 5.32 Å². The van der Waals surface area contributed by atoms with Crippen molar-refractivity contribution < 1.29 is 9.90 Å². The summed E-state index contributed by atoms with van der Waals surface area (Å²) < 4.78 is 0. The molecule has 3 nitrogen and oxygen atoms in total. The molecule has 4 heteroatoms. The predicted octanol–water partition coefficient (Wildman–Crippen LogP) is 1.98. The van der Waals surface area contributed by atoms with Gasteiger partial charge in [0.1, 0.15) is 11.3 Å². The Bertz CT molecular complexity index is 394. The molecular formula is C12H16ClNO2. The maximum atomic E-state index is 11.9. The molecule has 1 atom stereocenters. The topological polar surface area (TPSA) is 49.3 Å². The minimum atomic E-state index is -0.719. The van der Waals surface area contributed by atoms with Crippen molar-refractivity contribution in [2.75, 3.05) is 6.54 Å². The molecule has 1 heterocycles. The Morgan fingerprint density at radius 1 is 1.38 bits per heavy atom. The molecule has 16 heavy (non-hydrogen) atoms. The fourth-order valence-electron chi connectivity index (χ4n) is 2.08. The monoisotopic (exact) mass is 241 g/mol. The highest BCUT2D eigenvalue weighted by Gasteiger charge is 2.38. The summed E-state index contributed by atoms with van der Waals surface area (Å²) in [6.07, 6.45) is 1.46. The van der Waals surface area contributed by atoms with Crippen LogP contribution in [0.1, 0.15) is 25.3 Å². The summed E-state index contributed by atoms with van der Waals surface area (Å²) in [4.78, 5) is 11.9. The molecule has 1 saturated heterocycles. The fraction of sp³-hybridized carbons (Fsp3) is 0.417. The third-order valence-electron chi connectivity index (χ3n) is 3.06. The summed E-state index contributed by atoms with van der Waals surface area (Å²) in [5.41, 5.74) is -0.0430. The SMILES string of the molecule is CC1(c2ccccc2O)NCCCC1=O.Cl. The first kappa shape index (κ1) is 13.0. The smallest absolute Gasteiger partial charge is 0.157 e. The van der Waals surface area contributed by atoms with Gasteiger partial charge in [0.15, 0.2) is 5.78 Å². The number of benzene rings is 1. The van der Waals surface area contributed by atoms with Crippen molar-refractivity contribution in [3.8, 4) is 5.75 Å². The Morgan fingerprint density at radius 2 is 2.06 bits per heavy atom. The number of Topliss-reactive ketones (excluding diaryl/α,β-unsaturated/α-hetero) is 1. The minimum absolute atomic E-state index is 0. The van der Waals surface area contributed by atoms with E-state index < -0.39 is 5.54 Å². The molecule has 1 aliphatic heterocycles. The van der Waals surface area contributed by atoms with Gasteiger partial charge in [-0.25, -0.2) is 0 Å². The van der Waals surface area contributed by atoms with E-state index in [1.54, 1.807) is 18.2 Å². The van der Waals surface area contributed by atoms with Gasteiger partial charge in [0, 0.05) is 12.0 Å². The van der Waals surface area contributed by atoms with Gasteiger partial charge in [-0.2, -0.15) is 0 Å². The lowest BCUT2D eigenvalue weighted by molar-refractivity contribution is -0.126. The van der Waals surface area contributed by atoms with E-state index in [1.807, 2.05) is 13.0 Å². The van der Waals surface area contributed by atoms with Crippen molar-refractivity contribution in [1.29, 1.82) is 0 Å². The van der Waals surface area contributed by atoms with Crippen LogP contribution in [-0.4, -0.2) is 17.4 Å². The van der Waals surface area contributed by atoms with Gasteiger partial charge >= 0.3 is 0 Å². The Morgan fingerprint density at radius 3 is 2.69 bits per heavy atom. The first-order valence-corrected chi connectivity index (χ1v) is 5.21. The number of ketones is 1. The molecule has 1 fully saturated rings. The average molecular weight is 242 g/mol. The molecule has 0 spiro atoms. The van der Waals surface area contributed by atoms with Crippen molar-refractivity contribution in [1.82, 2.24) is 5.32 Å². The van der Waals surface area contributed by atoms with Crippen LogP contribution in [0.15, 0.2) is 24.3 Å². The van der Waals surface area contributed by atoms with E-state index >= 15 is 0 Å². The summed E-state index contributed by atoms with van der Waals surface area (Å²) in [6.45, 7) is 2.65. The molecule has 0 aliphatic carbocycles. The van der Waals surface area contributed by atoms with Crippen LogP contribution in [0.4, 0.5) is 0 Å². The number of para-hydroxylation sites is 1. The van der Waals surface area contributed by atoms with Crippen LogP contribution >= 0.6 is 12.4 Å². The van der Waals surface area contributed by atoms with E-state index in [0.717, 1.165) is 13.0 Å². The Kier molecular flexibility index (Phi) is 3.94. The number of carbonyl (C=O) groups is 1. The van der Waals surface area contributed by atoms with Gasteiger partial charge in [0.05, 0.1) is 0 Å². The molecule has 0 radical (unpaired) electrons. The van der Waals surface area contributed by atoms with Crippen molar-refractivity contribution in [3.05, 3.63) is 29.8 Å². The van der Waals surface area contributed by atoms with Crippen molar-refractivity contribution >= 4 is 18.2 Å². The molecule has 1 aromatic rings. The van der Waals surface area contributed by atoms with Gasteiger partial charge < -0.3 is 10.4 Å². The third-order valence-corrected chi connectivity index (χ3v) is 3.06. The average Bonchev–Trinajstić information content (AvgIpc) is 2.23. The number of halogens is 1. The largest absolute Gasteiger partial charge is 0.508 e. The second-order valence-corrected chi connectivity index (χ2v) is 4.10. The van der Waals surface area contributed by atoms with Crippen LogP contribution in [0.5, 0.6) is 5.75 Å². The molecule has 2 N–H and O–H groups in total. The van der Waals surface area contributed by atoms with E-state index in [0.29, 0.717) is 12.0 Å². The number of hydrogen-bond donors (Lipinski definition) is 2. The first-order chi connectivity index (χ1) is 7.14. The fourth-order valence-corrected chi connectivity index (χ4v) is 2.08. The number of phenols is 1. The maximum absolute atomic E-state index is 11.9. The second-order valence-electron chi connectivity index (χ2n) is 4.10. The van der Waals surface area contributed by atoms with Gasteiger partial charge in [-0.05, 0) is 26.0 Å². The van der Waals surface area contributed by atoms with E-state index in [-0.39, 0.29) is 23.9 Å². The molecular weight excluding hydrogens is 226 g/mol. The second kappa shape index (κ2) is 4.85. The zero-order valence-electron chi connectivity index (χ0n) is 9.19. The normalized spacial score (nSPS) is 24.9. The molecule has 1 unspecified atom stereocenters. The lowest BCUT2D eigenvalue weighted by Gasteiger charge is -2.34. The van der Waals surface area contributed by atoms with Gasteiger partial charge in [0.25, 0.3) is 0 Å². The van der Waals surface area contributed by atoms with Crippen LogP contribution in [0.2, 0.25) is 0 Å². The zero-order chi connectivity index (χ0) is 10.9. The van der Waals surface area contributed by atoms with E-state index in [9.17, 15) is 9.90 Å². The summed E-state index contributed by atoms with van der Waals surface area (Å²) in [5, 5.41) is 12.9. The lowest BCUT2D eigenvalue weighted by Crippen LogP contribution is -2.50. The first-order valence-electron chi connectivity index (χ1n) is 5.21. The maximum Gasteiger partial charge on any atom is 0.157 e. The van der Waals surface area contributed by atoms with Crippen molar-refractivity contribution in [2.24, 2.45) is 0 Å². The molecule has 0 bridgehead atoms. The summed E-state index contributed by atoms with van der Waals surface area (Å²) in [7, 11) is 0. The van der Waals surface area contributed by atoms with E-state index in [2.05, 4.69) is 5.32 Å². The molecule has 2 rings (SSSR count). The van der Waals surface area contributed by atoms with E-state index in [1.165, 1.54) is 0 Å². The molecule has 0 aromatic heterocycles. The van der Waals surface area contributed by atoms with Crippen LogP contribution in [-0.2, 0) is 10.3 Å². The highest BCUT2D eigenvalue weighted by atomic mass is 35.5. The third kappa shape index (κ3) is 2.06. The number of rotatable bonds is 1. The molecule has 1 aromatic carbocycles. The molecule has 0 amide bonds. The zero-order valence-corrected chi connectivity index (χ0v) is 10.0. The Balaban J connectivity index is 0.00000128. The van der Waals surface area contributed by atoms with Gasteiger partial charge in [-0.1, -0.05) is 18.2 Å². The van der Waals surface area contributed by atoms with Gasteiger partial charge in [-0.15, -0.1) is 12.4 Å². The number of piperidine rings is 1. The Labute approximate surface area is 101 Å². The standard InChI is InChI=1S/C12H15NO2.ClH/c1-12(11(15)7-4-8-13-12)9-5-2-3-6-10(9)14;/h2-3,5-6,13-14H,4,7-8H2,1H3;1H. The quantitative estimate of drug-likeness (QED) is 0.791. The number of hydrogen-bond acceptors (Lipinski definition) is 3. The van der Waals surface area contributed by atoms with Gasteiger partial charge in [-0.3, -0.25) is 4.79 Å². The molecule has 0 saturated carbocycles. The number of phenolic OH excluding ortho intramolecular Hbond substituents is 1. The van der Waals surface area contributed by atoms with Crippen molar-refractivity contribution in [3.63, 3.8) is 0 Å². The summed E-state index contributed by atoms with van der Waals surface area (Å²) in [5.74, 6) is 0.331. The van der Waals surface area contributed by atoms with Crippen LogP contribution in [0.25, 0.3) is 0 Å². The Hall–Kier alpha value is -1.06. The highest BCUT2D eigenvalue weighted by molar-refractivity contribution is 5.90. The highest BCUT2D eigenvalue weighted by Crippen LogP contribution is 2.32. The van der Waals surface area contributed by atoms with E-state index in [4.69, 9.17) is 0 Å². The number of carbonyl (C=O) groups excluding carboxylic acids is 1. The lowest BCUT2D eigenvalue weighted by atomic mass is 9.82.